The van der Waals surface area contributed by atoms with Gasteiger partial charge in [-0.05, 0) is 18.2 Å². The highest BCUT2D eigenvalue weighted by molar-refractivity contribution is 5.78. The maximum atomic E-state index is 13.5. The first-order valence-corrected chi connectivity index (χ1v) is 8.43. The third kappa shape index (κ3) is 3.67. The van der Waals surface area contributed by atoms with E-state index in [0.29, 0.717) is 24.5 Å². The molecule has 1 aromatic heterocycles. The Balaban J connectivity index is 1.90. The van der Waals surface area contributed by atoms with Gasteiger partial charge in [0.05, 0.1) is 18.8 Å². The van der Waals surface area contributed by atoms with E-state index in [2.05, 4.69) is 15.2 Å². The molecule has 2 aromatic carbocycles. The molecule has 3 aromatic rings. The van der Waals surface area contributed by atoms with Crippen LogP contribution in [-0.2, 0) is 15.7 Å². The minimum atomic E-state index is -4.55. The van der Waals surface area contributed by atoms with Gasteiger partial charge in [0.2, 0.25) is 5.95 Å². The Morgan fingerprint density at radius 2 is 1.61 bits per heavy atom. The minimum absolute atomic E-state index is 0.0720. The van der Waals surface area contributed by atoms with Crippen LogP contribution in [0.2, 0.25) is 0 Å². The third-order valence-corrected chi connectivity index (χ3v) is 4.20. The van der Waals surface area contributed by atoms with Gasteiger partial charge in [0.1, 0.15) is 11.4 Å². The molecule has 0 bridgehead atoms. The van der Waals surface area contributed by atoms with Crippen molar-refractivity contribution in [3.8, 4) is 22.5 Å². The molecule has 0 atom stereocenters. The average molecular weight is 388 g/mol. The minimum Gasteiger partial charge on any atom is -0.366 e. The van der Waals surface area contributed by atoms with Crippen molar-refractivity contribution in [3.63, 3.8) is 0 Å². The van der Waals surface area contributed by atoms with E-state index in [9.17, 15) is 13.2 Å². The molecule has 0 radical (unpaired) electrons. The fourth-order valence-corrected chi connectivity index (χ4v) is 2.97. The van der Waals surface area contributed by atoms with Crippen LogP contribution < -0.4 is 5.73 Å². The quantitative estimate of drug-likeness (QED) is 0.734. The molecular formula is C19H15F3N4O2. The summed E-state index contributed by atoms with van der Waals surface area (Å²) in [5.74, 6) is -0.0720. The van der Waals surface area contributed by atoms with Crippen molar-refractivity contribution < 1.29 is 22.6 Å². The maximum absolute atomic E-state index is 13.5. The van der Waals surface area contributed by atoms with E-state index in [1.54, 1.807) is 30.3 Å². The number of nitrogen functional groups attached to an aromatic ring is 1. The predicted molar refractivity (Wildman–Crippen MR) is 94.8 cm³/mol. The Morgan fingerprint density at radius 3 is 2.29 bits per heavy atom. The van der Waals surface area contributed by atoms with Gasteiger partial charge < -0.3 is 15.2 Å². The number of benzene rings is 2. The smallest absolute Gasteiger partial charge is 0.366 e. The lowest BCUT2D eigenvalue weighted by Gasteiger charge is -2.16. The lowest BCUT2D eigenvalue weighted by atomic mass is 9.99. The van der Waals surface area contributed by atoms with Crippen LogP contribution in [-0.4, -0.2) is 28.4 Å². The Kier molecular flexibility index (Phi) is 4.70. The molecule has 1 fully saturated rings. The summed E-state index contributed by atoms with van der Waals surface area (Å²) in [6, 6.07) is 12.5. The number of ether oxygens (including phenoxy) is 2. The van der Waals surface area contributed by atoms with Gasteiger partial charge in [0.25, 0.3) is 0 Å². The van der Waals surface area contributed by atoms with Crippen LogP contribution in [0.1, 0.15) is 17.4 Å². The van der Waals surface area contributed by atoms with Crippen LogP contribution in [0.15, 0.2) is 48.5 Å². The van der Waals surface area contributed by atoms with Crippen molar-refractivity contribution >= 4 is 5.95 Å². The van der Waals surface area contributed by atoms with Crippen LogP contribution in [0.25, 0.3) is 22.5 Å². The Morgan fingerprint density at radius 1 is 0.893 bits per heavy atom. The summed E-state index contributed by atoms with van der Waals surface area (Å²) in [5.41, 5.74) is 6.46. The second-order valence-corrected chi connectivity index (χ2v) is 6.15. The first-order chi connectivity index (χ1) is 13.4. The van der Waals surface area contributed by atoms with Gasteiger partial charge >= 0.3 is 6.18 Å². The first-order valence-electron chi connectivity index (χ1n) is 8.43. The van der Waals surface area contributed by atoms with Gasteiger partial charge in [-0.25, -0.2) is 4.98 Å². The van der Waals surface area contributed by atoms with Crippen molar-refractivity contribution in [1.29, 1.82) is 0 Å². The lowest BCUT2D eigenvalue weighted by molar-refractivity contribution is -0.137. The first kappa shape index (κ1) is 18.3. The number of rotatable bonds is 3. The Bertz CT molecular complexity index is 990. The summed E-state index contributed by atoms with van der Waals surface area (Å²) in [6.45, 7) is 0.628. The highest BCUT2D eigenvalue weighted by atomic mass is 19.4. The van der Waals surface area contributed by atoms with Gasteiger partial charge in [-0.15, -0.1) is 10.2 Å². The molecule has 28 heavy (non-hydrogen) atoms. The number of alkyl halides is 3. The molecule has 0 saturated carbocycles. The third-order valence-electron chi connectivity index (χ3n) is 4.20. The second kappa shape index (κ2) is 7.17. The molecule has 1 aliphatic heterocycles. The molecule has 2 N–H and O–H groups in total. The van der Waals surface area contributed by atoms with Gasteiger partial charge in [0, 0.05) is 16.7 Å². The summed E-state index contributed by atoms with van der Waals surface area (Å²) >= 11 is 0. The molecule has 1 saturated heterocycles. The zero-order chi connectivity index (χ0) is 19.7. The number of hydrogen-bond acceptors (Lipinski definition) is 6. The molecule has 2 heterocycles. The van der Waals surface area contributed by atoms with E-state index >= 15 is 0 Å². The van der Waals surface area contributed by atoms with Crippen LogP contribution in [0, 0.1) is 0 Å². The molecule has 0 amide bonds. The number of anilines is 1. The van der Waals surface area contributed by atoms with E-state index in [1.807, 2.05) is 6.07 Å². The summed E-state index contributed by atoms with van der Waals surface area (Å²) < 4.78 is 51.2. The molecule has 144 valence electrons. The summed E-state index contributed by atoms with van der Waals surface area (Å²) in [7, 11) is 0. The highest BCUT2D eigenvalue weighted by Crippen LogP contribution is 2.38. The van der Waals surface area contributed by atoms with Crippen LogP contribution >= 0.6 is 0 Å². The second-order valence-electron chi connectivity index (χ2n) is 6.15. The zero-order valence-corrected chi connectivity index (χ0v) is 14.5. The van der Waals surface area contributed by atoms with Crippen molar-refractivity contribution in [3.05, 3.63) is 59.7 Å². The van der Waals surface area contributed by atoms with E-state index in [1.165, 1.54) is 0 Å². The monoisotopic (exact) mass is 388 g/mol. The lowest BCUT2D eigenvalue weighted by Crippen LogP contribution is -2.09. The number of hydrogen-bond donors (Lipinski definition) is 1. The number of aromatic nitrogens is 3. The standard InChI is InChI=1S/C19H15F3N4O2/c20-19(21,22)14-9-12(8-13(10-14)17-27-6-7-28-17)16-15(24-18(23)26-25-16)11-4-2-1-3-5-11/h1-5,8-10,17H,6-7H2,(H2,23,24,26). The van der Waals surface area contributed by atoms with E-state index < -0.39 is 18.0 Å². The van der Waals surface area contributed by atoms with Crippen LogP contribution in [0.4, 0.5) is 19.1 Å². The summed E-state index contributed by atoms with van der Waals surface area (Å²) in [5, 5.41) is 7.76. The fourth-order valence-electron chi connectivity index (χ4n) is 2.97. The average Bonchev–Trinajstić information content (AvgIpc) is 3.22. The van der Waals surface area contributed by atoms with Gasteiger partial charge in [-0.1, -0.05) is 30.3 Å². The highest BCUT2D eigenvalue weighted by Gasteiger charge is 2.33. The number of nitrogens with two attached hydrogens (primary N) is 1. The van der Waals surface area contributed by atoms with Crippen LogP contribution in [0.5, 0.6) is 0 Å². The molecular weight excluding hydrogens is 373 g/mol. The molecule has 0 aliphatic carbocycles. The zero-order valence-electron chi connectivity index (χ0n) is 14.5. The molecule has 9 heteroatoms. The SMILES string of the molecule is Nc1nnc(-c2cc(C3OCCO3)cc(C(F)(F)F)c2)c(-c2ccccc2)n1. The molecule has 6 nitrogen and oxygen atoms in total. The van der Waals surface area contributed by atoms with Gasteiger partial charge in [0.15, 0.2) is 6.29 Å². The number of halogens is 3. The predicted octanol–water partition coefficient (Wildman–Crippen LogP) is 3.85. The van der Waals surface area contributed by atoms with Crippen molar-refractivity contribution in [2.75, 3.05) is 18.9 Å². The molecule has 1 aliphatic rings. The fraction of sp³-hybridized carbons (Fsp3) is 0.211. The topological polar surface area (TPSA) is 83.2 Å². The van der Waals surface area contributed by atoms with Crippen molar-refractivity contribution in [1.82, 2.24) is 15.2 Å². The maximum Gasteiger partial charge on any atom is 0.416 e. The largest absolute Gasteiger partial charge is 0.416 e. The molecule has 0 unspecified atom stereocenters. The van der Waals surface area contributed by atoms with Crippen molar-refractivity contribution in [2.24, 2.45) is 0 Å². The Labute approximate surface area is 158 Å². The summed E-state index contributed by atoms with van der Waals surface area (Å²) in [6.07, 6.45) is -5.42. The number of nitrogens with zero attached hydrogens (tertiary/aromatic N) is 3. The molecule has 0 spiro atoms. The normalized spacial score (nSPS) is 15.1. The molecule has 4 rings (SSSR count). The van der Waals surface area contributed by atoms with Gasteiger partial charge in [-0.2, -0.15) is 13.2 Å². The Hall–Kier alpha value is -3.04. The van der Waals surface area contributed by atoms with E-state index in [-0.39, 0.29) is 22.8 Å². The van der Waals surface area contributed by atoms with Crippen LogP contribution in [0.3, 0.4) is 0 Å². The summed E-state index contributed by atoms with van der Waals surface area (Å²) in [4.78, 5) is 4.20. The van der Waals surface area contributed by atoms with E-state index in [4.69, 9.17) is 15.2 Å². The van der Waals surface area contributed by atoms with E-state index in [0.717, 1.165) is 12.1 Å². The van der Waals surface area contributed by atoms with Crippen molar-refractivity contribution in [2.45, 2.75) is 12.5 Å². The van der Waals surface area contributed by atoms with Gasteiger partial charge in [-0.3, -0.25) is 0 Å².